The van der Waals surface area contributed by atoms with E-state index in [0.29, 0.717) is 6.54 Å². The van der Waals surface area contributed by atoms with Crippen molar-refractivity contribution in [3.63, 3.8) is 0 Å². The minimum Gasteiger partial charge on any atom is -0.496 e. The van der Waals surface area contributed by atoms with Crippen molar-refractivity contribution in [3.05, 3.63) is 54.0 Å². The van der Waals surface area contributed by atoms with Crippen molar-refractivity contribution in [1.82, 2.24) is 5.43 Å². The Morgan fingerprint density at radius 3 is 2.79 bits per heavy atom. The van der Waals surface area contributed by atoms with Crippen LogP contribution in [0.1, 0.15) is 24.7 Å². The molecule has 0 aliphatic carbocycles. The number of furan rings is 1. The van der Waals surface area contributed by atoms with Gasteiger partial charge in [0.25, 0.3) is 0 Å². The summed E-state index contributed by atoms with van der Waals surface area (Å²) in [6.07, 6.45) is 2.47. The fourth-order valence-electron chi connectivity index (χ4n) is 1.82. The SMILES string of the molecule is CC/C(=N\NCc1ccccc1OC)c1ccco1. The standard InChI is InChI=1S/C15H18N2O2/c1-3-13(15-9-6-10-19-15)17-16-11-12-7-4-5-8-14(12)18-2/h4-10,16H,3,11H2,1-2H3/b17-13+. The summed E-state index contributed by atoms with van der Waals surface area (Å²) >= 11 is 0. The smallest absolute Gasteiger partial charge is 0.149 e. The highest BCUT2D eigenvalue weighted by molar-refractivity contribution is 5.97. The molecule has 2 aromatic rings. The minimum atomic E-state index is 0.619. The third-order valence-corrected chi connectivity index (χ3v) is 2.82. The molecule has 0 saturated carbocycles. The van der Waals surface area contributed by atoms with E-state index >= 15 is 0 Å². The van der Waals surface area contributed by atoms with E-state index < -0.39 is 0 Å². The maximum absolute atomic E-state index is 5.34. The van der Waals surface area contributed by atoms with Crippen molar-refractivity contribution >= 4 is 5.71 Å². The van der Waals surface area contributed by atoms with Crippen LogP contribution in [-0.2, 0) is 6.54 Å². The average Bonchev–Trinajstić information content (AvgIpc) is 2.98. The van der Waals surface area contributed by atoms with Crippen molar-refractivity contribution in [2.45, 2.75) is 19.9 Å². The third kappa shape index (κ3) is 3.37. The number of rotatable bonds is 6. The highest BCUT2D eigenvalue weighted by atomic mass is 16.5. The third-order valence-electron chi connectivity index (χ3n) is 2.82. The van der Waals surface area contributed by atoms with E-state index in [9.17, 15) is 0 Å². The topological polar surface area (TPSA) is 46.8 Å². The molecule has 100 valence electrons. The Balaban J connectivity index is 2.02. The molecule has 4 nitrogen and oxygen atoms in total. The lowest BCUT2D eigenvalue weighted by Gasteiger charge is -2.08. The van der Waals surface area contributed by atoms with Crippen LogP contribution in [0.4, 0.5) is 0 Å². The van der Waals surface area contributed by atoms with Gasteiger partial charge in [-0.2, -0.15) is 5.10 Å². The Bertz CT molecular complexity index is 533. The lowest BCUT2D eigenvalue weighted by atomic mass is 10.2. The van der Waals surface area contributed by atoms with Gasteiger partial charge in [0, 0.05) is 5.56 Å². The summed E-state index contributed by atoms with van der Waals surface area (Å²) in [5, 5.41) is 4.37. The zero-order valence-electron chi connectivity index (χ0n) is 11.2. The molecule has 1 heterocycles. The maximum Gasteiger partial charge on any atom is 0.149 e. The minimum absolute atomic E-state index is 0.619. The number of methoxy groups -OCH3 is 1. The molecule has 0 fully saturated rings. The highest BCUT2D eigenvalue weighted by Crippen LogP contribution is 2.16. The first-order valence-corrected chi connectivity index (χ1v) is 6.30. The lowest BCUT2D eigenvalue weighted by Crippen LogP contribution is -2.11. The number of hydrogen-bond donors (Lipinski definition) is 1. The van der Waals surface area contributed by atoms with Crippen molar-refractivity contribution in [2.24, 2.45) is 5.10 Å². The van der Waals surface area contributed by atoms with Crippen molar-refractivity contribution in [1.29, 1.82) is 0 Å². The summed E-state index contributed by atoms with van der Waals surface area (Å²) in [5.41, 5.74) is 5.04. The fraction of sp³-hybridized carbons (Fsp3) is 0.267. The number of para-hydroxylation sites is 1. The molecule has 0 unspecified atom stereocenters. The van der Waals surface area contributed by atoms with Gasteiger partial charge in [0.1, 0.15) is 17.2 Å². The maximum atomic E-state index is 5.34. The number of nitrogens with zero attached hydrogens (tertiary/aromatic N) is 1. The predicted molar refractivity (Wildman–Crippen MR) is 75.4 cm³/mol. The van der Waals surface area contributed by atoms with Crippen LogP contribution >= 0.6 is 0 Å². The van der Waals surface area contributed by atoms with Crippen molar-refractivity contribution < 1.29 is 9.15 Å². The second kappa shape index (κ2) is 6.64. The fourth-order valence-corrected chi connectivity index (χ4v) is 1.82. The first-order valence-electron chi connectivity index (χ1n) is 6.30. The van der Waals surface area contributed by atoms with Gasteiger partial charge in [0.15, 0.2) is 0 Å². The van der Waals surface area contributed by atoms with Gasteiger partial charge >= 0.3 is 0 Å². The molecule has 0 atom stereocenters. The summed E-state index contributed by atoms with van der Waals surface area (Å²) in [5.74, 6) is 1.66. The highest BCUT2D eigenvalue weighted by Gasteiger charge is 2.04. The van der Waals surface area contributed by atoms with E-state index in [4.69, 9.17) is 9.15 Å². The van der Waals surface area contributed by atoms with Gasteiger partial charge in [-0.1, -0.05) is 25.1 Å². The number of hydrazone groups is 1. The van der Waals surface area contributed by atoms with E-state index in [1.54, 1.807) is 13.4 Å². The van der Waals surface area contributed by atoms with Gasteiger partial charge in [-0.05, 0) is 24.6 Å². The molecule has 0 amide bonds. The first-order chi connectivity index (χ1) is 9.35. The number of ether oxygens (including phenoxy) is 1. The largest absolute Gasteiger partial charge is 0.496 e. The molecule has 1 N–H and O–H groups in total. The molecule has 4 heteroatoms. The molecule has 1 aromatic heterocycles. The molecular weight excluding hydrogens is 240 g/mol. The molecule has 0 saturated heterocycles. The van der Waals surface area contributed by atoms with Crippen LogP contribution in [-0.4, -0.2) is 12.8 Å². The molecule has 0 aliphatic rings. The summed E-state index contributed by atoms with van der Waals surface area (Å²) in [4.78, 5) is 0. The normalized spacial score (nSPS) is 11.4. The molecular formula is C15H18N2O2. The second-order valence-electron chi connectivity index (χ2n) is 4.04. The van der Waals surface area contributed by atoms with Crippen LogP contribution in [0.15, 0.2) is 52.2 Å². The van der Waals surface area contributed by atoms with Gasteiger partial charge in [0.05, 0.1) is 19.9 Å². The Morgan fingerprint density at radius 2 is 2.11 bits per heavy atom. The summed E-state index contributed by atoms with van der Waals surface area (Å²) < 4.78 is 10.6. The van der Waals surface area contributed by atoms with Crippen LogP contribution in [0, 0.1) is 0 Å². The number of nitrogens with one attached hydrogen (secondary N) is 1. The van der Waals surface area contributed by atoms with Gasteiger partial charge in [-0.3, -0.25) is 0 Å². The zero-order valence-corrected chi connectivity index (χ0v) is 11.2. The van der Waals surface area contributed by atoms with Crippen LogP contribution in [0.5, 0.6) is 5.75 Å². The molecule has 0 spiro atoms. The van der Waals surface area contributed by atoms with Gasteiger partial charge in [-0.15, -0.1) is 0 Å². The average molecular weight is 258 g/mol. The van der Waals surface area contributed by atoms with E-state index in [1.165, 1.54) is 0 Å². The molecule has 1 aromatic carbocycles. The van der Waals surface area contributed by atoms with E-state index in [2.05, 4.69) is 10.5 Å². The lowest BCUT2D eigenvalue weighted by molar-refractivity contribution is 0.408. The Kier molecular flexibility index (Phi) is 4.61. The van der Waals surface area contributed by atoms with Crippen LogP contribution in [0.25, 0.3) is 0 Å². The van der Waals surface area contributed by atoms with E-state index in [-0.39, 0.29) is 0 Å². The molecule has 0 bridgehead atoms. The number of benzene rings is 1. The Morgan fingerprint density at radius 1 is 1.26 bits per heavy atom. The Labute approximate surface area is 113 Å². The zero-order chi connectivity index (χ0) is 13.5. The van der Waals surface area contributed by atoms with Gasteiger partial charge in [-0.25, -0.2) is 0 Å². The molecule has 19 heavy (non-hydrogen) atoms. The monoisotopic (exact) mass is 258 g/mol. The molecule has 0 radical (unpaired) electrons. The van der Waals surface area contributed by atoms with Gasteiger partial charge < -0.3 is 14.6 Å². The summed E-state index contributed by atoms with van der Waals surface area (Å²) in [7, 11) is 1.67. The molecule has 0 aliphatic heterocycles. The summed E-state index contributed by atoms with van der Waals surface area (Å²) in [6.45, 7) is 2.67. The van der Waals surface area contributed by atoms with Crippen molar-refractivity contribution in [3.8, 4) is 5.75 Å². The van der Waals surface area contributed by atoms with E-state index in [0.717, 1.165) is 29.2 Å². The Hall–Kier alpha value is -2.23. The predicted octanol–water partition coefficient (Wildman–Crippen LogP) is 3.19. The first kappa shape index (κ1) is 13.2. The quantitative estimate of drug-likeness (QED) is 0.639. The van der Waals surface area contributed by atoms with Crippen molar-refractivity contribution in [2.75, 3.05) is 7.11 Å². The van der Waals surface area contributed by atoms with Crippen LogP contribution in [0.3, 0.4) is 0 Å². The second-order valence-corrected chi connectivity index (χ2v) is 4.04. The summed E-state index contributed by atoms with van der Waals surface area (Å²) in [6, 6.07) is 11.7. The van der Waals surface area contributed by atoms with Crippen LogP contribution < -0.4 is 10.2 Å². The van der Waals surface area contributed by atoms with Crippen LogP contribution in [0.2, 0.25) is 0 Å². The number of hydrogen-bond acceptors (Lipinski definition) is 4. The molecule has 2 rings (SSSR count). The van der Waals surface area contributed by atoms with Gasteiger partial charge in [0.2, 0.25) is 0 Å². The van der Waals surface area contributed by atoms with E-state index in [1.807, 2.05) is 43.3 Å².